The Balaban J connectivity index is 2.71. The van der Waals surface area contributed by atoms with Crippen molar-refractivity contribution in [2.45, 2.75) is 6.54 Å². The Morgan fingerprint density at radius 3 is 3.00 bits per heavy atom. The zero-order valence-corrected chi connectivity index (χ0v) is 8.61. The average molecular weight is 225 g/mol. The summed E-state index contributed by atoms with van der Waals surface area (Å²) in [4.78, 5) is 15.9. The largest absolute Gasteiger partial charge is 0.395 e. The van der Waals surface area contributed by atoms with E-state index < -0.39 is 0 Å². The van der Waals surface area contributed by atoms with E-state index in [4.69, 9.17) is 16.7 Å². The molecule has 5 heteroatoms. The molecule has 78 valence electrons. The Hall–Kier alpha value is -1.39. The third-order valence-electron chi connectivity index (χ3n) is 2.13. The molecule has 2 rings (SSSR count). The van der Waals surface area contributed by atoms with Crippen LogP contribution in [-0.2, 0) is 6.54 Å². The fourth-order valence-corrected chi connectivity index (χ4v) is 1.57. The Morgan fingerprint density at radius 2 is 2.27 bits per heavy atom. The summed E-state index contributed by atoms with van der Waals surface area (Å²) in [6.07, 6.45) is 1.43. The summed E-state index contributed by atoms with van der Waals surface area (Å²) < 4.78 is 1.36. The monoisotopic (exact) mass is 224 g/mol. The minimum Gasteiger partial charge on any atom is -0.395 e. The first-order chi connectivity index (χ1) is 7.22. The number of halogens is 1. The standard InChI is InChI=1S/C10H9ClN2O2/c11-7-1-2-9-8(5-7)10(15)13(3-4-14)6-12-9/h1-2,5-6,14H,3-4H2. The summed E-state index contributed by atoms with van der Waals surface area (Å²) in [7, 11) is 0. The molecule has 0 spiro atoms. The van der Waals surface area contributed by atoms with Crippen LogP contribution in [0.15, 0.2) is 29.3 Å². The van der Waals surface area contributed by atoms with Gasteiger partial charge in [-0.25, -0.2) is 4.98 Å². The molecule has 0 amide bonds. The molecule has 0 aliphatic rings. The van der Waals surface area contributed by atoms with Crippen molar-refractivity contribution in [1.29, 1.82) is 0 Å². The smallest absolute Gasteiger partial charge is 0.261 e. The number of rotatable bonds is 2. The van der Waals surface area contributed by atoms with Gasteiger partial charge in [0, 0.05) is 5.02 Å². The fourth-order valence-electron chi connectivity index (χ4n) is 1.40. The quantitative estimate of drug-likeness (QED) is 0.830. The van der Waals surface area contributed by atoms with Gasteiger partial charge in [-0.3, -0.25) is 9.36 Å². The molecule has 1 N–H and O–H groups in total. The first-order valence-electron chi connectivity index (χ1n) is 4.48. The number of aliphatic hydroxyl groups is 1. The number of aromatic nitrogens is 2. The van der Waals surface area contributed by atoms with Crippen molar-refractivity contribution in [3.63, 3.8) is 0 Å². The van der Waals surface area contributed by atoms with Gasteiger partial charge in [0.15, 0.2) is 0 Å². The molecule has 1 aromatic carbocycles. The Kier molecular flexibility index (Phi) is 2.70. The summed E-state index contributed by atoms with van der Waals surface area (Å²) in [6, 6.07) is 4.97. The molecule has 0 bridgehead atoms. The Morgan fingerprint density at radius 1 is 1.47 bits per heavy atom. The molecule has 1 aromatic heterocycles. The maximum absolute atomic E-state index is 11.8. The van der Waals surface area contributed by atoms with E-state index in [9.17, 15) is 4.79 Å². The third kappa shape index (κ3) is 1.86. The highest BCUT2D eigenvalue weighted by molar-refractivity contribution is 6.31. The van der Waals surface area contributed by atoms with E-state index in [0.29, 0.717) is 15.9 Å². The van der Waals surface area contributed by atoms with E-state index in [1.807, 2.05) is 0 Å². The average Bonchev–Trinajstić information content (AvgIpc) is 2.23. The topological polar surface area (TPSA) is 55.1 Å². The van der Waals surface area contributed by atoms with Crippen LogP contribution in [-0.4, -0.2) is 21.3 Å². The lowest BCUT2D eigenvalue weighted by Crippen LogP contribution is -2.22. The fraction of sp³-hybridized carbons (Fsp3) is 0.200. The van der Waals surface area contributed by atoms with Crippen molar-refractivity contribution >= 4 is 22.5 Å². The Labute approximate surface area is 90.8 Å². The van der Waals surface area contributed by atoms with E-state index in [0.717, 1.165) is 0 Å². The van der Waals surface area contributed by atoms with Crippen LogP contribution in [0.5, 0.6) is 0 Å². The molecule has 0 saturated carbocycles. The SMILES string of the molecule is O=c1c2cc(Cl)ccc2ncn1CCO. The highest BCUT2D eigenvalue weighted by atomic mass is 35.5. The first-order valence-corrected chi connectivity index (χ1v) is 4.86. The van der Waals surface area contributed by atoms with Gasteiger partial charge in [0.1, 0.15) is 0 Å². The molecule has 0 unspecified atom stereocenters. The Bertz CT molecular complexity index is 551. The molecule has 0 saturated heterocycles. The number of fused-ring (bicyclic) bond motifs is 1. The van der Waals surface area contributed by atoms with E-state index in [2.05, 4.69) is 4.98 Å². The third-order valence-corrected chi connectivity index (χ3v) is 2.36. The van der Waals surface area contributed by atoms with Crippen molar-refractivity contribution in [3.05, 3.63) is 39.9 Å². The van der Waals surface area contributed by atoms with Crippen molar-refractivity contribution in [3.8, 4) is 0 Å². The van der Waals surface area contributed by atoms with Gasteiger partial charge in [0.05, 0.1) is 30.4 Å². The van der Waals surface area contributed by atoms with Gasteiger partial charge in [0.2, 0.25) is 0 Å². The lowest BCUT2D eigenvalue weighted by Gasteiger charge is -2.04. The molecule has 4 nitrogen and oxygen atoms in total. The number of hydrogen-bond acceptors (Lipinski definition) is 3. The van der Waals surface area contributed by atoms with Crippen molar-refractivity contribution in [2.24, 2.45) is 0 Å². The number of aliphatic hydroxyl groups excluding tert-OH is 1. The molecule has 0 aliphatic heterocycles. The van der Waals surface area contributed by atoms with Gasteiger partial charge in [0.25, 0.3) is 5.56 Å². The number of hydrogen-bond donors (Lipinski definition) is 1. The van der Waals surface area contributed by atoms with Gasteiger partial charge in [-0.05, 0) is 18.2 Å². The van der Waals surface area contributed by atoms with E-state index in [1.54, 1.807) is 18.2 Å². The van der Waals surface area contributed by atoms with Crippen LogP contribution in [0.4, 0.5) is 0 Å². The van der Waals surface area contributed by atoms with Crippen LogP contribution in [0.3, 0.4) is 0 Å². The lowest BCUT2D eigenvalue weighted by molar-refractivity contribution is 0.274. The second-order valence-corrected chi connectivity index (χ2v) is 3.56. The first kappa shape index (κ1) is 10.1. The van der Waals surface area contributed by atoms with Crippen LogP contribution in [0.2, 0.25) is 5.02 Å². The molecule has 2 aromatic rings. The summed E-state index contributed by atoms with van der Waals surface area (Å²) >= 11 is 5.79. The second kappa shape index (κ2) is 4.00. The van der Waals surface area contributed by atoms with E-state index in [-0.39, 0.29) is 18.7 Å². The maximum atomic E-state index is 11.8. The predicted octanol–water partition coefficient (Wildman–Crippen LogP) is 1.04. The molecule has 0 atom stereocenters. The summed E-state index contributed by atoms with van der Waals surface area (Å²) in [5, 5.41) is 9.73. The lowest BCUT2D eigenvalue weighted by atomic mass is 10.2. The van der Waals surface area contributed by atoms with Crippen LogP contribution in [0.1, 0.15) is 0 Å². The van der Waals surface area contributed by atoms with Crippen LogP contribution in [0, 0.1) is 0 Å². The molecule has 0 aliphatic carbocycles. The van der Waals surface area contributed by atoms with Crippen LogP contribution < -0.4 is 5.56 Å². The highest BCUT2D eigenvalue weighted by Crippen LogP contribution is 2.13. The summed E-state index contributed by atoms with van der Waals surface area (Å²) in [5.74, 6) is 0. The minimum absolute atomic E-state index is 0.0896. The zero-order chi connectivity index (χ0) is 10.8. The van der Waals surface area contributed by atoms with Crippen LogP contribution in [0.25, 0.3) is 10.9 Å². The van der Waals surface area contributed by atoms with Gasteiger partial charge in [-0.2, -0.15) is 0 Å². The molecular weight excluding hydrogens is 216 g/mol. The van der Waals surface area contributed by atoms with Crippen molar-refractivity contribution in [1.82, 2.24) is 9.55 Å². The number of benzene rings is 1. The van der Waals surface area contributed by atoms with Gasteiger partial charge >= 0.3 is 0 Å². The molecule has 15 heavy (non-hydrogen) atoms. The highest BCUT2D eigenvalue weighted by Gasteiger charge is 2.03. The summed E-state index contributed by atoms with van der Waals surface area (Å²) in [5.41, 5.74) is 0.426. The molecule has 1 heterocycles. The second-order valence-electron chi connectivity index (χ2n) is 3.13. The normalized spacial score (nSPS) is 10.8. The zero-order valence-electron chi connectivity index (χ0n) is 7.85. The maximum Gasteiger partial charge on any atom is 0.261 e. The number of nitrogens with zero attached hydrogens (tertiary/aromatic N) is 2. The van der Waals surface area contributed by atoms with Gasteiger partial charge in [-0.15, -0.1) is 0 Å². The van der Waals surface area contributed by atoms with Gasteiger partial charge < -0.3 is 5.11 Å². The van der Waals surface area contributed by atoms with E-state index >= 15 is 0 Å². The molecular formula is C10H9ClN2O2. The molecule has 0 fully saturated rings. The van der Waals surface area contributed by atoms with Crippen molar-refractivity contribution in [2.75, 3.05) is 6.61 Å². The van der Waals surface area contributed by atoms with Gasteiger partial charge in [-0.1, -0.05) is 11.6 Å². The summed E-state index contributed by atoms with van der Waals surface area (Å²) in [6.45, 7) is 0.155. The van der Waals surface area contributed by atoms with Crippen molar-refractivity contribution < 1.29 is 5.11 Å². The van der Waals surface area contributed by atoms with E-state index in [1.165, 1.54) is 10.9 Å². The minimum atomic E-state index is -0.184. The predicted molar refractivity (Wildman–Crippen MR) is 58.1 cm³/mol. The van der Waals surface area contributed by atoms with Crippen LogP contribution >= 0.6 is 11.6 Å². The molecule has 0 radical (unpaired) electrons.